The van der Waals surface area contributed by atoms with Crippen LogP contribution in [0.2, 0.25) is 0 Å². The Hall–Kier alpha value is -1.70. The predicted molar refractivity (Wildman–Crippen MR) is 109 cm³/mol. The Morgan fingerprint density at radius 3 is 2.41 bits per heavy atom. The van der Waals surface area contributed by atoms with Crippen LogP contribution in [-0.2, 0) is 21.2 Å². The maximum atomic E-state index is 13.0. The van der Waals surface area contributed by atoms with Crippen LogP contribution in [0.3, 0.4) is 0 Å². The lowest BCUT2D eigenvalue weighted by atomic mass is 10.0. The third-order valence-electron chi connectivity index (χ3n) is 5.44. The van der Waals surface area contributed by atoms with Gasteiger partial charge in [-0.1, -0.05) is 40.2 Å². The van der Waals surface area contributed by atoms with Crippen molar-refractivity contribution in [1.29, 1.82) is 0 Å². The molecule has 2 unspecified atom stereocenters. The molecule has 0 radical (unpaired) electrons. The maximum Gasteiger partial charge on any atom is 0.241 e. The lowest BCUT2D eigenvalue weighted by Crippen LogP contribution is -2.61. The van der Waals surface area contributed by atoms with Crippen molar-refractivity contribution in [1.82, 2.24) is 4.90 Å². The average Bonchev–Trinajstić information content (AvgIpc) is 2.93. The first-order valence-corrected chi connectivity index (χ1v) is 11.5. The van der Waals surface area contributed by atoms with Gasteiger partial charge in [-0.2, -0.15) is 0 Å². The van der Waals surface area contributed by atoms with Gasteiger partial charge in [-0.15, -0.1) is 0 Å². The summed E-state index contributed by atoms with van der Waals surface area (Å²) in [5.74, 6) is 0.0670. The first kappa shape index (κ1) is 18.7. The summed E-state index contributed by atoms with van der Waals surface area (Å²) in [6.45, 7) is 2.85. The third-order valence-corrected chi connectivity index (χ3v) is 7.67. The second-order valence-corrected chi connectivity index (χ2v) is 10.4. The van der Waals surface area contributed by atoms with Crippen LogP contribution in [0.5, 0.6) is 0 Å². The Kier molecular flexibility index (Phi) is 4.86. The molecule has 2 aliphatic rings. The summed E-state index contributed by atoms with van der Waals surface area (Å²) in [6, 6.07) is 15.0. The number of benzene rings is 2. The quantitative estimate of drug-likeness (QED) is 0.724. The minimum absolute atomic E-state index is 0.0176. The molecule has 2 aliphatic heterocycles. The van der Waals surface area contributed by atoms with E-state index in [2.05, 4.69) is 15.9 Å². The van der Waals surface area contributed by atoms with Gasteiger partial charge in [0.15, 0.2) is 9.84 Å². The Bertz CT molecular complexity index is 975. The van der Waals surface area contributed by atoms with Crippen LogP contribution < -0.4 is 4.90 Å². The van der Waals surface area contributed by atoms with E-state index in [-0.39, 0.29) is 36.0 Å². The number of rotatable bonds is 3. The smallest absolute Gasteiger partial charge is 0.241 e. The number of nitrogens with zero attached hydrogens (tertiary/aromatic N) is 2. The van der Waals surface area contributed by atoms with Gasteiger partial charge in [-0.3, -0.25) is 9.69 Å². The fourth-order valence-electron chi connectivity index (χ4n) is 4.07. The summed E-state index contributed by atoms with van der Waals surface area (Å²) < 4.78 is 25.8. The summed E-state index contributed by atoms with van der Waals surface area (Å²) in [7, 11) is -3.18. The number of anilines is 1. The van der Waals surface area contributed by atoms with E-state index < -0.39 is 9.84 Å². The molecule has 4 rings (SSSR count). The van der Waals surface area contributed by atoms with E-state index in [1.165, 1.54) is 0 Å². The van der Waals surface area contributed by atoms with Crippen molar-refractivity contribution >= 4 is 37.4 Å². The molecular weight excluding hydrogens is 428 g/mol. The van der Waals surface area contributed by atoms with Crippen molar-refractivity contribution in [3.8, 4) is 0 Å². The zero-order valence-electron chi connectivity index (χ0n) is 15.0. The van der Waals surface area contributed by atoms with Crippen molar-refractivity contribution < 1.29 is 13.2 Å². The van der Waals surface area contributed by atoms with E-state index in [0.717, 1.165) is 21.3 Å². The van der Waals surface area contributed by atoms with E-state index >= 15 is 0 Å². The lowest BCUT2D eigenvalue weighted by molar-refractivity contribution is -0.123. The van der Waals surface area contributed by atoms with E-state index in [9.17, 15) is 13.2 Å². The molecule has 0 aliphatic carbocycles. The van der Waals surface area contributed by atoms with Crippen LogP contribution in [0.4, 0.5) is 5.69 Å². The van der Waals surface area contributed by atoms with Crippen molar-refractivity contribution in [3.63, 3.8) is 0 Å². The van der Waals surface area contributed by atoms with E-state index in [0.29, 0.717) is 6.54 Å². The number of carbonyl (C=O) groups excluding carboxylic acids is 1. The SMILES string of the molecule is Cc1ccccc1CN1CC(=O)N(c2ccc(Br)cc2)C2CS(=O)(=O)CC21. The van der Waals surface area contributed by atoms with Crippen LogP contribution in [-0.4, -0.2) is 49.4 Å². The molecule has 0 spiro atoms. The fourth-order valence-corrected chi connectivity index (χ4v) is 6.32. The fraction of sp³-hybridized carbons (Fsp3) is 0.350. The number of piperazine rings is 1. The Labute approximate surface area is 168 Å². The van der Waals surface area contributed by atoms with E-state index in [1.54, 1.807) is 4.90 Å². The summed E-state index contributed by atoms with van der Waals surface area (Å²) in [4.78, 5) is 16.7. The molecule has 27 heavy (non-hydrogen) atoms. The summed E-state index contributed by atoms with van der Waals surface area (Å²) >= 11 is 3.40. The Balaban J connectivity index is 1.68. The van der Waals surface area contributed by atoms with Crippen LogP contribution >= 0.6 is 15.9 Å². The number of carbonyl (C=O) groups is 1. The predicted octanol–water partition coefficient (Wildman–Crippen LogP) is 2.77. The number of hydrogen-bond acceptors (Lipinski definition) is 4. The molecule has 0 N–H and O–H groups in total. The summed E-state index contributed by atoms with van der Waals surface area (Å²) in [5.41, 5.74) is 3.04. The molecule has 0 aromatic heterocycles. The number of halogens is 1. The molecule has 1 amide bonds. The molecule has 2 heterocycles. The number of fused-ring (bicyclic) bond motifs is 1. The largest absolute Gasteiger partial charge is 0.306 e. The molecule has 2 aromatic carbocycles. The number of hydrogen-bond donors (Lipinski definition) is 0. The first-order chi connectivity index (χ1) is 12.8. The number of sulfone groups is 1. The van der Waals surface area contributed by atoms with Gasteiger partial charge in [0.2, 0.25) is 5.91 Å². The van der Waals surface area contributed by atoms with Gasteiger partial charge in [0.05, 0.1) is 24.1 Å². The molecular formula is C20H21BrN2O3S. The number of amides is 1. The second kappa shape index (κ2) is 7.04. The molecule has 2 saturated heterocycles. The van der Waals surface area contributed by atoms with Crippen molar-refractivity contribution in [2.24, 2.45) is 0 Å². The van der Waals surface area contributed by atoms with Gasteiger partial charge >= 0.3 is 0 Å². The van der Waals surface area contributed by atoms with Gasteiger partial charge < -0.3 is 4.90 Å². The minimum Gasteiger partial charge on any atom is -0.306 e. The molecule has 5 nitrogen and oxygen atoms in total. The Morgan fingerprint density at radius 1 is 1.04 bits per heavy atom. The standard InChI is InChI=1S/C20H21BrN2O3S/c1-14-4-2-3-5-15(14)10-22-11-20(24)23(17-8-6-16(21)7-9-17)19-13-27(25,26)12-18(19)22/h2-9,18-19H,10-13H2,1H3. The summed E-state index contributed by atoms with van der Waals surface area (Å²) in [5, 5.41) is 0. The Morgan fingerprint density at radius 2 is 1.70 bits per heavy atom. The highest BCUT2D eigenvalue weighted by atomic mass is 79.9. The minimum atomic E-state index is -3.18. The third kappa shape index (κ3) is 3.68. The monoisotopic (exact) mass is 448 g/mol. The van der Waals surface area contributed by atoms with Crippen molar-refractivity contribution in [3.05, 3.63) is 64.1 Å². The van der Waals surface area contributed by atoms with Gasteiger partial charge in [-0.25, -0.2) is 8.42 Å². The molecule has 7 heteroatoms. The zero-order chi connectivity index (χ0) is 19.2. The van der Waals surface area contributed by atoms with Gasteiger partial charge in [-0.05, 0) is 42.3 Å². The molecule has 142 valence electrons. The number of aryl methyl sites for hydroxylation is 1. The highest BCUT2D eigenvalue weighted by Crippen LogP contribution is 2.33. The van der Waals surface area contributed by atoms with Gasteiger partial charge in [0.1, 0.15) is 0 Å². The zero-order valence-corrected chi connectivity index (χ0v) is 17.4. The van der Waals surface area contributed by atoms with Crippen LogP contribution in [0, 0.1) is 6.92 Å². The van der Waals surface area contributed by atoms with Crippen LogP contribution in [0.25, 0.3) is 0 Å². The molecule has 2 aromatic rings. The van der Waals surface area contributed by atoms with Crippen molar-refractivity contribution in [2.75, 3.05) is 23.0 Å². The van der Waals surface area contributed by atoms with Crippen molar-refractivity contribution in [2.45, 2.75) is 25.6 Å². The highest BCUT2D eigenvalue weighted by molar-refractivity contribution is 9.10. The molecule has 2 atom stereocenters. The van der Waals surface area contributed by atoms with E-state index in [1.807, 2.05) is 60.4 Å². The average molecular weight is 449 g/mol. The van der Waals surface area contributed by atoms with Gasteiger partial charge in [0, 0.05) is 22.7 Å². The van der Waals surface area contributed by atoms with Crippen LogP contribution in [0.1, 0.15) is 11.1 Å². The van der Waals surface area contributed by atoms with Crippen LogP contribution in [0.15, 0.2) is 53.0 Å². The van der Waals surface area contributed by atoms with Gasteiger partial charge in [0.25, 0.3) is 0 Å². The highest BCUT2D eigenvalue weighted by Gasteiger charge is 2.49. The second-order valence-electron chi connectivity index (χ2n) is 7.28. The summed E-state index contributed by atoms with van der Waals surface area (Å²) in [6.07, 6.45) is 0. The lowest BCUT2D eigenvalue weighted by Gasteiger charge is -2.43. The topological polar surface area (TPSA) is 57.7 Å². The van der Waals surface area contributed by atoms with E-state index in [4.69, 9.17) is 0 Å². The molecule has 0 bridgehead atoms. The maximum absolute atomic E-state index is 13.0. The first-order valence-electron chi connectivity index (χ1n) is 8.91. The normalized spacial score (nSPS) is 24.8. The molecule has 0 saturated carbocycles. The molecule has 2 fully saturated rings.